The molecule has 3 rings (SSSR count). The maximum absolute atomic E-state index is 12.8. The zero-order valence-corrected chi connectivity index (χ0v) is 16.8. The number of alkyl halides is 3. The van der Waals surface area contributed by atoms with Gasteiger partial charge in [0.15, 0.2) is 11.5 Å². The zero-order chi connectivity index (χ0) is 21.3. The van der Waals surface area contributed by atoms with Crippen LogP contribution in [0.2, 0.25) is 0 Å². The second-order valence-corrected chi connectivity index (χ2v) is 9.40. The van der Waals surface area contributed by atoms with E-state index in [1.807, 2.05) is 0 Å². The lowest BCUT2D eigenvalue weighted by atomic mass is 9.73. The summed E-state index contributed by atoms with van der Waals surface area (Å²) in [6.07, 6.45) is 4.61. The standard InChI is InChI=1S/C20H22F3NO4S/c1-27-17-7-6-14(12-18(17)28-15-4-2-3-5-15)19(13-24)10-8-16(9-11-19)29(25,26)20(21,22)23/h6-8,12,15H,2-5,9-11H2,1H3. The first-order chi connectivity index (χ1) is 13.6. The van der Waals surface area contributed by atoms with Crippen LogP contribution in [0.5, 0.6) is 11.5 Å². The maximum atomic E-state index is 12.8. The van der Waals surface area contributed by atoms with Crippen LogP contribution in [0.3, 0.4) is 0 Å². The van der Waals surface area contributed by atoms with Gasteiger partial charge in [-0.05, 0) is 62.6 Å². The third kappa shape index (κ3) is 4.08. The Kier molecular flexibility index (Phi) is 5.86. The summed E-state index contributed by atoms with van der Waals surface area (Å²) in [6, 6.07) is 7.23. The third-order valence-corrected chi connectivity index (χ3v) is 7.32. The van der Waals surface area contributed by atoms with Gasteiger partial charge in [0.2, 0.25) is 0 Å². The molecule has 0 bridgehead atoms. The molecule has 2 aliphatic carbocycles. The highest BCUT2D eigenvalue weighted by Crippen LogP contribution is 2.44. The molecule has 2 aliphatic rings. The number of hydrogen-bond donors (Lipinski definition) is 0. The van der Waals surface area contributed by atoms with Crippen molar-refractivity contribution >= 4 is 9.84 Å². The molecule has 1 fully saturated rings. The number of hydrogen-bond acceptors (Lipinski definition) is 5. The molecule has 1 aromatic carbocycles. The van der Waals surface area contributed by atoms with Gasteiger partial charge in [0.1, 0.15) is 0 Å². The smallest absolute Gasteiger partial charge is 0.493 e. The summed E-state index contributed by atoms with van der Waals surface area (Å²) in [4.78, 5) is -0.674. The lowest BCUT2D eigenvalue weighted by Crippen LogP contribution is -2.31. The molecule has 0 heterocycles. The molecule has 1 saturated carbocycles. The van der Waals surface area contributed by atoms with Crippen LogP contribution >= 0.6 is 0 Å². The summed E-state index contributed by atoms with van der Waals surface area (Å²) in [5.41, 5.74) is -5.88. The van der Waals surface area contributed by atoms with Crippen molar-refractivity contribution < 1.29 is 31.1 Å². The van der Waals surface area contributed by atoms with Crippen LogP contribution in [0.4, 0.5) is 13.2 Å². The van der Waals surface area contributed by atoms with Gasteiger partial charge in [-0.2, -0.15) is 18.4 Å². The molecule has 1 unspecified atom stereocenters. The van der Waals surface area contributed by atoms with Crippen LogP contribution in [0.25, 0.3) is 0 Å². The van der Waals surface area contributed by atoms with Crippen LogP contribution in [-0.4, -0.2) is 27.1 Å². The van der Waals surface area contributed by atoms with E-state index < -0.39 is 25.7 Å². The molecule has 0 N–H and O–H groups in total. The van der Waals surface area contributed by atoms with Crippen molar-refractivity contribution in [3.63, 3.8) is 0 Å². The van der Waals surface area contributed by atoms with Gasteiger partial charge in [-0.25, -0.2) is 8.42 Å². The zero-order valence-electron chi connectivity index (χ0n) is 16.0. The van der Waals surface area contributed by atoms with Gasteiger partial charge in [0, 0.05) is 4.91 Å². The van der Waals surface area contributed by atoms with E-state index in [0.717, 1.165) is 31.8 Å². The average Bonchev–Trinajstić information content (AvgIpc) is 3.20. The quantitative estimate of drug-likeness (QED) is 0.673. The Morgan fingerprint density at radius 1 is 1.21 bits per heavy atom. The second-order valence-electron chi connectivity index (χ2n) is 7.41. The number of ether oxygens (including phenoxy) is 2. The largest absolute Gasteiger partial charge is 0.501 e. The van der Waals surface area contributed by atoms with Gasteiger partial charge >= 0.3 is 5.51 Å². The first-order valence-corrected chi connectivity index (χ1v) is 10.9. The van der Waals surface area contributed by atoms with Gasteiger partial charge in [0.05, 0.1) is 24.7 Å². The van der Waals surface area contributed by atoms with Crippen LogP contribution in [0, 0.1) is 11.3 Å². The van der Waals surface area contributed by atoms with E-state index in [1.54, 1.807) is 18.2 Å². The lowest BCUT2D eigenvalue weighted by molar-refractivity contribution is -0.0428. The molecular formula is C20H22F3NO4S. The normalized spacial score (nSPS) is 23.3. The number of halogens is 3. The topological polar surface area (TPSA) is 76.4 Å². The molecule has 0 amide bonds. The highest BCUT2D eigenvalue weighted by atomic mass is 32.2. The molecule has 29 heavy (non-hydrogen) atoms. The predicted octanol–water partition coefficient (Wildman–Crippen LogP) is 4.78. The Balaban J connectivity index is 1.91. The van der Waals surface area contributed by atoms with Crippen molar-refractivity contribution in [1.29, 1.82) is 5.26 Å². The summed E-state index contributed by atoms with van der Waals surface area (Å²) in [5, 5.41) is 9.82. The highest BCUT2D eigenvalue weighted by molar-refractivity contribution is 7.96. The van der Waals surface area contributed by atoms with Gasteiger partial charge in [-0.15, -0.1) is 0 Å². The van der Waals surface area contributed by atoms with Crippen molar-refractivity contribution in [2.75, 3.05) is 7.11 Å². The van der Waals surface area contributed by atoms with Crippen molar-refractivity contribution in [2.45, 2.75) is 62.0 Å². The van der Waals surface area contributed by atoms with E-state index in [9.17, 15) is 26.9 Å². The van der Waals surface area contributed by atoms with Gasteiger partial charge in [0.25, 0.3) is 9.84 Å². The van der Waals surface area contributed by atoms with Crippen LogP contribution in [-0.2, 0) is 15.3 Å². The van der Waals surface area contributed by atoms with E-state index in [1.165, 1.54) is 7.11 Å². The third-order valence-electron chi connectivity index (χ3n) is 5.65. The van der Waals surface area contributed by atoms with Gasteiger partial charge < -0.3 is 9.47 Å². The van der Waals surface area contributed by atoms with Gasteiger partial charge in [-0.3, -0.25) is 0 Å². The van der Waals surface area contributed by atoms with Crippen molar-refractivity contribution in [3.05, 3.63) is 34.7 Å². The monoisotopic (exact) mass is 429 g/mol. The number of nitriles is 1. The minimum Gasteiger partial charge on any atom is -0.493 e. The van der Waals surface area contributed by atoms with Gasteiger partial charge in [-0.1, -0.05) is 12.1 Å². The molecule has 1 atom stereocenters. The Morgan fingerprint density at radius 2 is 1.90 bits per heavy atom. The number of methoxy groups -OCH3 is 1. The molecule has 0 saturated heterocycles. The highest BCUT2D eigenvalue weighted by Gasteiger charge is 2.49. The average molecular weight is 429 g/mol. The Hall–Kier alpha value is -2.21. The molecule has 9 heteroatoms. The molecule has 0 radical (unpaired) electrons. The van der Waals surface area contributed by atoms with E-state index in [2.05, 4.69) is 6.07 Å². The first kappa shape index (κ1) is 21.5. The summed E-state index contributed by atoms with van der Waals surface area (Å²) >= 11 is 0. The van der Waals surface area contributed by atoms with Crippen molar-refractivity contribution in [3.8, 4) is 17.6 Å². The van der Waals surface area contributed by atoms with Crippen LogP contribution in [0.15, 0.2) is 29.2 Å². The minimum absolute atomic E-state index is 0.0279. The minimum atomic E-state index is -5.37. The maximum Gasteiger partial charge on any atom is 0.501 e. The predicted molar refractivity (Wildman–Crippen MR) is 100 cm³/mol. The summed E-state index contributed by atoms with van der Waals surface area (Å²) in [7, 11) is -3.86. The van der Waals surface area contributed by atoms with Crippen LogP contribution in [0.1, 0.15) is 50.5 Å². The number of sulfone groups is 1. The summed E-state index contributed by atoms with van der Waals surface area (Å²) in [6.45, 7) is 0. The summed E-state index contributed by atoms with van der Waals surface area (Å²) < 4.78 is 73.2. The molecule has 0 aliphatic heterocycles. The number of rotatable bonds is 5. The second kappa shape index (κ2) is 7.90. The fraction of sp³-hybridized carbons (Fsp3) is 0.550. The molecule has 1 aromatic rings. The van der Waals surface area contributed by atoms with E-state index in [-0.39, 0.29) is 25.4 Å². The van der Waals surface area contributed by atoms with E-state index in [0.29, 0.717) is 17.1 Å². The van der Waals surface area contributed by atoms with Crippen LogP contribution < -0.4 is 9.47 Å². The van der Waals surface area contributed by atoms with E-state index >= 15 is 0 Å². The molecule has 5 nitrogen and oxygen atoms in total. The number of allylic oxidation sites excluding steroid dienone is 2. The first-order valence-electron chi connectivity index (χ1n) is 9.40. The van der Waals surface area contributed by atoms with Crippen molar-refractivity contribution in [2.24, 2.45) is 0 Å². The SMILES string of the molecule is COc1ccc(C2(C#N)CC=C(S(=O)(=O)C(F)(F)F)CC2)cc1OC1CCCC1. The fourth-order valence-electron chi connectivity index (χ4n) is 3.90. The molecule has 158 valence electrons. The van der Waals surface area contributed by atoms with Crippen molar-refractivity contribution in [1.82, 2.24) is 0 Å². The summed E-state index contributed by atoms with van der Waals surface area (Å²) in [5.74, 6) is 1.00. The number of nitrogens with zero attached hydrogens (tertiary/aromatic N) is 1. The van der Waals surface area contributed by atoms with E-state index in [4.69, 9.17) is 9.47 Å². The fourth-order valence-corrected chi connectivity index (χ4v) is 4.87. The molecular weight excluding hydrogens is 407 g/mol. The Morgan fingerprint density at radius 3 is 2.41 bits per heavy atom. The number of benzene rings is 1. The lowest BCUT2D eigenvalue weighted by Gasteiger charge is -2.31. The molecule has 0 spiro atoms. The molecule has 0 aromatic heterocycles. The Labute approximate surface area is 168 Å². The Bertz CT molecular complexity index is 943.